The SMILES string of the molecule is CC(C)CCNC(=O)CCc1cc2cc3c(cc2[nH]c1=O)OCCO3. The van der Waals surface area contributed by atoms with Gasteiger partial charge in [0.15, 0.2) is 11.5 Å². The number of aryl methyl sites for hydroxylation is 1. The number of aromatic nitrogens is 1. The Kier molecular flexibility index (Phi) is 5.26. The van der Waals surface area contributed by atoms with Crippen LogP contribution in [0.15, 0.2) is 23.0 Å². The number of nitrogens with one attached hydrogen (secondary N) is 2. The van der Waals surface area contributed by atoms with Crippen molar-refractivity contribution in [3.8, 4) is 11.5 Å². The van der Waals surface area contributed by atoms with E-state index in [4.69, 9.17) is 9.47 Å². The molecule has 0 spiro atoms. The summed E-state index contributed by atoms with van der Waals surface area (Å²) < 4.78 is 11.1. The first kappa shape index (κ1) is 17.3. The van der Waals surface area contributed by atoms with E-state index < -0.39 is 0 Å². The molecule has 0 atom stereocenters. The summed E-state index contributed by atoms with van der Waals surface area (Å²) in [7, 11) is 0. The third kappa shape index (κ3) is 4.32. The number of rotatable bonds is 6. The molecule has 1 amide bonds. The number of hydrogen-bond donors (Lipinski definition) is 2. The minimum atomic E-state index is -0.167. The van der Waals surface area contributed by atoms with Gasteiger partial charge in [-0.05, 0) is 30.9 Å². The van der Waals surface area contributed by atoms with Crippen molar-refractivity contribution in [1.29, 1.82) is 0 Å². The van der Waals surface area contributed by atoms with Gasteiger partial charge in [0, 0.05) is 30.0 Å². The molecule has 1 aliphatic heterocycles. The topological polar surface area (TPSA) is 80.4 Å². The monoisotopic (exact) mass is 344 g/mol. The standard InChI is InChI=1S/C19H24N2O4/c1-12(2)5-6-20-18(22)4-3-13-9-14-10-16-17(25-8-7-24-16)11-15(14)21-19(13)23/h9-12H,3-8H2,1-2H3,(H,20,22)(H,21,23). The summed E-state index contributed by atoms with van der Waals surface area (Å²) in [5.41, 5.74) is 1.14. The number of amides is 1. The van der Waals surface area contributed by atoms with Crippen LogP contribution in [0.3, 0.4) is 0 Å². The number of fused-ring (bicyclic) bond motifs is 2. The summed E-state index contributed by atoms with van der Waals surface area (Å²) in [5, 5.41) is 3.77. The van der Waals surface area contributed by atoms with Crippen molar-refractivity contribution in [3.05, 3.63) is 34.1 Å². The van der Waals surface area contributed by atoms with E-state index in [1.54, 1.807) is 6.07 Å². The highest BCUT2D eigenvalue weighted by Gasteiger charge is 2.14. The fourth-order valence-electron chi connectivity index (χ4n) is 2.81. The van der Waals surface area contributed by atoms with Gasteiger partial charge in [-0.3, -0.25) is 9.59 Å². The Morgan fingerprint density at radius 3 is 2.64 bits per heavy atom. The Hall–Kier alpha value is -2.50. The molecule has 1 aliphatic rings. The zero-order chi connectivity index (χ0) is 17.8. The van der Waals surface area contributed by atoms with Gasteiger partial charge < -0.3 is 19.8 Å². The number of carbonyl (C=O) groups is 1. The second kappa shape index (κ2) is 7.59. The maximum atomic E-state index is 12.3. The van der Waals surface area contributed by atoms with Gasteiger partial charge in [0.1, 0.15) is 13.2 Å². The van der Waals surface area contributed by atoms with Crippen molar-refractivity contribution in [3.63, 3.8) is 0 Å². The molecule has 0 radical (unpaired) electrons. The minimum Gasteiger partial charge on any atom is -0.486 e. The number of aromatic amines is 1. The van der Waals surface area contributed by atoms with E-state index in [2.05, 4.69) is 24.1 Å². The number of carbonyl (C=O) groups excluding carboxylic acids is 1. The first-order valence-corrected chi connectivity index (χ1v) is 8.75. The summed E-state index contributed by atoms with van der Waals surface area (Å²) in [5.74, 6) is 1.86. The number of ether oxygens (including phenoxy) is 2. The van der Waals surface area contributed by atoms with Crippen molar-refractivity contribution in [2.45, 2.75) is 33.1 Å². The Bertz CT molecular complexity index is 826. The molecule has 0 saturated heterocycles. The van der Waals surface area contributed by atoms with E-state index in [1.807, 2.05) is 12.1 Å². The predicted octanol–water partition coefficient (Wildman–Crippen LogP) is 2.39. The third-order valence-corrected chi connectivity index (χ3v) is 4.25. The highest BCUT2D eigenvalue weighted by atomic mass is 16.6. The largest absolute Gasteiger partial charge is 0.486 e. The molecule has 6 nitrogen and oxygen atoms in total. The first-order chi connectivity index (χ1) is 12.0. The summed E-state index contributed by atoms with van der Waals surface area (Å²) in [4.78, 5) is 27.0. The molecule has 2 aromatic rings. The van der Waals surface area contributed by atoms with Gasteiger partial charge >= 0.3 is 0 Å². The molecule has 0 aliphatic carbocycles. The van der Waals surface area contributed by atoms with Crippen molar-refractivity contribution in [1.82, 2.24) is 10.3 Å². The number of H-pyrrole nitrogens is 1. The van der Waals surface area contributed by atoms with Crippen LogP contribution < -0.4 is 20.3 Å². The van der Waals surface area contributed by atoms with Gasteiger partial charge in [0.25, 0.3) is 5.56 Å². The van der Waals surface area contributed by atoms with Crippen LogP contribution in [0.1, 0.15) is 32.3 Å². The Labute approximate surface area is 146 Å². The lowest BCUT2D eigenvalue weighted by Crippen LogP contribution is -2.26. The van der Waals surface area contributed by atoms with E-state index in [1.165, 1.54) is 0 Å². The fraction of sp³-hybridized carbons (Fsp3) is 0.474. The van der Waals surface area contributed by atoms with Crippen LogP contribution in [0.5, 0.6) is 11.5 Å². The van der Waals surface area contributed by atoms with Crippen LogP contribution in [0.2, 0.25) is 0 Å². The van der Waals surface area contributed by atoms with E-state index >= 15 is 0 Å². The summed E-state index contributed by atoms with van der Waals surface area (Å²) >= 11 is 0. The molecule has 3 rings (SSSR count). The third-order valence-electron chi connectivity index (χ3n) is 4.25. The second-order valence-corrected chi connectivity index (χ2v) is 6.74. The van der Waals surface area contributed by atoms with Crippen LogP contribution in [-0.2, 0) is 11.2 Å². The van der Waals surface area contributed by atoms with Crippen LogP contribution >= 0.6 is 0 Å². The zero-order valence-corrected chi connectivity index (χ0v) is 14.7. The van der Waals surface area contributed by atoms with E-state index in [0.29, 0.717) is 61.1 Å². The number of pyridine rings is 1. The summed E-state index contributed by atoms with van der Waals surface area (Å²) in [6.45, 7) is 5.94. The molecule has 0 saturated carbocycles. The quantitative estimate of drug-likeness (QED) is 0.843. The smallest absolute Gasteiger partial charge is 0.251 e. The van der Waals surface area contributed by atoms with Crippen LogP contribution in [0, 0.1) is 5.92 Å². The Morgan fingerprint density at radius 2 is 1.92 bits per heavy atom. The Balaban J connectivity index is 1.70. The van der Waals surface area contributed by atoms with Gasteiger partial charge in [-0.2, -0.15) is 0 Å². The van der Waals surface area contributed by atoms with Gasteiger partial charge in [-0.25, -0.2) is 0 Å². The molecule has 1 aromatic carbocycles. The lowest BCUT2D eigenvalue weighted by Gasteiger charge is -2.18. The van der Waals surface area contributed by atoms with Crippen molar-refractivity contribution in [2.75, 3.05) is 19.8 Å². The van der Waals surface area contributed by atoms with E-state index in [-0.39, 0.29) is 11.5 Å². The molecule has 0 unspecified atom stereocenters. The maximum absolute atomic E-state index is 12.3. The first-order valence-electron chi connectivity index (χ1n) is 8.75. The highest BCUT2D eigenvalue weighted by Crippen LogP contribution is 2.33. The van der Waals surface area contributed by atoms with Crippen molar-refractivity contribution < 1.29 is 14.3 Å². The Morgan fingerprint density at radius 1 is 1.20 bits per heavy atom. The lowest BCUT2D eigenvalue weighted by atomic mass is 10.1. The predicted molar refractivity (Wildman–Crippen MR) is 96.3 cm³/mol. The molecular formula is C19H24N2O4. The highest BCUT2D eigenvalue weighted by molar-refractivity contribution is 5.83. The molecule has 6 heteroatoms. The number of hydrogen-bond acceptors (Lipinski definition) is 4. The van der Waals surface area contributed by atoms with Gasteiger partial charge in [0.05, 0.1) is 5.52 Å². The van der Waals surface area contributed by atoms with Crippen molar-refractivity contribution >= 4 is 16.8 Å². The molecule has 25 heavy (non-hydrogen) atoms. The van der Waals surface area contributed by atoms with Crippen LogP contribution in [0.25, 0.3) is 10.9 Å². The molecule has 2 heterocycles. The summed E-state index contributed by atoms with van der Waals surface area (Å²) in [6, 6.07) is 5.48. The molecular weight excluding hydrogens is 320 g/mol. The maximum Gasteiger partial charge on any atom is 0.251 e. The van der Waals surface area contributed by atoms with Crippen molar-refractivity contribution in [2.24, 2.45) is 5.92 Å². The molecule has 0 bridgehead atoms. The van der Waals surface area contributed by atoms with Gasteiger partial charge in [-0.1, -0.05) is 13.8 Å². The lowest BCUT2D eigenvalue weighted by molar-refractivity contribution is -0.121. The van der Waals surface area contributed by atoms with E-state index in [0.717, 1.165) is 11.8 Å². The van der Waals surface area contributed by atoms with Gasteiger partial charge in [-0.15, -0.1) is 0 Å². The molecule has 2 N–H and O–H groups in total. The van der Waals surface area contributed by atoms with E-state index in [9.17, 15) is 9.59 Å². The van der Waals surface area contributed by atoms with Crippen LogP contribution in [0.4, 0.5) is 0 Å². The van der Waals surface area contributed by atoms with Gasteiger partial charge in [0.2, 0.25) is 5.91 Å². The average Bonchev–Trinajstić information content (AvgIpc) is 2.58. The number of benzene rings is 1. The fourth-order valence-corrected chi connectivity index (χ4v) is 2.81. The molecule has 1 aromatic heterocycles. The second-order valence-electron chi connectivity index (χ2n) is 6.74. The average molecular weight is 344 g/mol. The van der Waals surface area contributed by atoms with Crippen LogP contribution in [-0.4, -0.2) is 30.6 Å². The minimum absolute atomic E-state index is 0.0256. The zero-order valence-electron chi connectivity index (χ0n) is 14.7. The normalized spacial score (nSPS) is 13.2. The summed E-state index contributed by atoms with van der Waals surface area (Å²) in [6.07, 6.45) is 1.67. The molecule has 0 fully saturated rings. The molecule has 134 valence electrons.